The molecule has 0 N–H and O–H groups in total. The minimum Gasteiger partial charge on any atom is -0.364 e. The van der Waals surface area contributed by atoms with Crippen LogP contribution in [0.2, 0.25) is 0 Å². The Kier molecular flexibility index (Phi) is 3.14. The molecule has 4 bridgehead atoms. The van der Waals surface area contributed by atoms with Crippen LogP contribution in [0.1, 0.15) is 64.8 Å². The predicted octanol–water partition coefficient (Wildman–Crippen LogP) is 3.32. The summed E-state index contributed by atoms with van der Waals surface area (Å²) in [4.78, 5) is 25.5. The van der Waals surface area contributed by atoms with Gasteiger partial charge in [-0.1, -0.05) is 12.1 Å². The lowest BCUT2D eigenvalue weighted by molar-refractivity contribution is -0.00555. The number of benzene rings is 1. The fourth-order valence-electron chi connectivity index (χ4n) is 6.56. The molecule has 26 heavy (non-hydrogen) atoms. The average molecular weight is 352 g/mol. The van der Waals surface area contributed by atoms with Crippen molar-refractivity contribution in [2.75, 3.05) is 13.2 Å². The van der Waals surface area contributed by atoms with E-state index in [4.69, 9.17) is 9.47 Å². The van der Waals surface area contributed by atoms with E-state index < -0.39 is 0 Å². The van der Waals surface area contributed by atoms with Gasteiger partial charge in [0.05, 0.1) is 13.2 Å². The summed E-state index contributed by atoms with van der Waals surface area (Å²) in [5.74, 6) is 2.54. The van der Waals surface area contributed by atoms with Crippen molar-refractivity contribution >= 4 is 11.6 Å². The van der Waals surface area contributed by atoms with E-state index in [0.29, 0.717) is 18.8 Å². The van der Waals surface area contributed by atoms with Gasteiger partial charge in [-0.3, -0.25) is 9.59 Å². The first-order chi connectivity index (χ1) is 12.6. The van der Waals surface area contributed by atoms with Gasteiger partial charge in [0.2, 0.25) is 0 Å². The molecule has 2 heterocycles. The molecule has 7 rings (SSSR count). The Bertz CT molecular complexity index is 767. The van der Waals surface area contributed by atoms with Gasteiger partial charge in [0.15, 0.2) is 11.6 Å². The molecule has 6 fully saturated rings. The highest BCUT2D eigenvalue weighted by Crippen LogP contribution is 2.61. The largest absolute Gasteiger partial charge is 0.364 e. The zero-order valence-electron chi connectivity index (χ0n) is 14.9. The van der Waals surface area contributed by atoms with Crippen molar-refractivity contribution in [2.45, 2.75) is 56.1 Å². The maximum absolute atomic E-state index is 13.0. The van der Waals surface area contributed by atoms with Crippen molar-refractivity contribution in [1.82, 2.24) is 0 Å². The van der Waals surface area contributed by atoms with Crippen molar-refractivity contribution in [2.24, 2.45) is 17.8 Å². The molecule has 6 aliphatic rings. The van der Waals surface area contributed by atoms with Gasteiger partial charge in [0.1, 0.15) is 12.2 Å². The summed E-state index contributed by atoms with van der Waals surface area (Å²) in [6.45, 7) is 1.02. The zero-order valence-corrected chi connectivity index (χ0v) is 14.9. The quantitative estimate of drug-likeness (QED) is 0.602. The fraction of sp³-hybridized carbons (Fsp3) is 0.636. The van der Waals surface area contributed by atoms with Crippen LogP contribution in [0.25, 0.3) is 0 Å². The highest BCUT2D eigenvalue weighted by Gasteiger charge is 2.53. The topological polar surface area (TPSA) is 59.2 Å². The molecule has 2 unspecified atom stereocenters. The Morgan fingerprint density at radius 1 is 0.846 bits per heavy atom. The molecule has 0 spiro atoms. The van der Waals surface area contributed by atoms with Crippen LogP contribution >= 0.6 is 0 Å². The van der Waals surface area contributed by atoms with Gasteiger partial charge in [0.25, 0.3) is 0 Å². The van der Waals surface area contributed by atoms with Crippen LogP contribution in [0.3, 0.4) is 0 Å². The fourth-order valence-corrected chi connectivity index (χ4v) is 6.56. The smallest absolute Gasteiger partial charge is 0.194 e. The van der Waals surface area contributed by atoms with Gasteiger partial charge in [-0.2, -0.15) is 0 Å². The molecule has 2 atom stereocenters. The van der Waals surface area contributed by atoms with E-state index in [2.05, 4.69) is 6.07 Å². The van der Waals surface area contributed by atoms with Gasteiger partial charge >= 0.3 is 0 Å². The molecule has 4 saturated carbocycles. The number of ketones is 2. The first-order valence-electron chi connectivity index (χ1n) is 10.1. The molecule has 0 amide bonds. The minimum absolute atomic E-state index is 0.00725. The van der Waals surface area contributed by atoms with E-state index >= 15 is 0 Å². The summed E-state index contributed by atoms with van der Waals surface area (Å²) in [6.07, 6.45) is 7.17. The summed E-state index contributed by atoms with van der Waals surface area (Å²) in [5, 5.41) is 0. The van der Waals surface area contributed by atoms with Crippen molar-refractivity contribution in [3.8, 4) is 0 Å². The van der Waals surface area contributed by atoms with Gasteiger partial charge < -0.3 is 9.47 Å². The van der Waals surface area contributed by atoms with Crippen molar-refractivity contribution in [3.63, 3.8) is 0 Å². The first kappa shape index (κ1) is 15.5. The highest BCUT2D eigenvalue weighted by molar-refractivity contribution is 6.06. The molecule has 4 nitrogen and oxygen atoms in total. The van der Waals surface area contributed by atoms with Crippen LogP contribution in [0.4, 0.5) is 0 Å². The van der Waals surface area contributed by atoms with Gasteiger partial charge in [0, 0.05) is 11.1 Å². The van der Waals surface area contributed by atoms with Crippen LogP contribution in [-0.2, 0) is 14.9 Å². The number of epoxide rings is 2. The van der Waals surface area contributed by atoms with Gasteiger partial charge in [-0.05, 0) is 73.3 Å². The summed E-state index contributed by atoms with van der Waals surface area (Å²) >= 11 is 0. The second-order valence-electron chi connectivity index (χ2n) is 9.33. The third-order valence-corrected chi connectivity index (χ3v) is 7.43. The first-order valence-corrected chi connectivity index (χ1v) is 10.1. The van der Waals surface area contributed by atoms with E-state index in [1.165, 1.54) is 44.1 Å². The van der Waals surface area contributed by atoms with Crippen molar-refractivity contribution in [1.29, 1.82) is 0 Å². The summed E-state index contributed by atoms with van der Waals surface area (Å²) in [7, 11) is 0. The molecule has 4 heteroatoms. The molecule has 0 aromatic heterocycles. The molecule has 0 radical (unpaired) electrons. The van der Waals surface area contributed by atoms with E-state index in [-0.39, 0.29) is 29.2 Å². The Morgan fingerprint density at radius 2 is 1.38 bits per heavy atom. The molecule has 136 valence electrons. The third-order valence-electron chi connectivity index (χ3n) is 7.43. The number of hydrogen-bond donors (Lipinski definition) is 0. The van der Waals surface area contributed by atoms with Crippen molar-refractivity contribution < 1.29 is 19.1 Å². The van der Waals surface area contributed by atoms with E-state index in [9.17, 15) is 9.59 Å². The maximum atomic E-state index is 13.0. The van der Waals surface area contributed by atoms with Crippen LogP contribution in [0.5, 0.6) is 0 Å². The Labute approximate surface area is 153 Å². The molecular weight excluding hydrogens is 328 g/mol. The summed E-state index contributed by atoms with van der Waals surface area (Å²) < 4.78 is 10.5. The molecule has 4 aliphatic carbocycles. The molecule has 2 saturated heterocycles. The molecular formula is C22H24O4. The summed E-state index contributed by atoms with van der Waals surface area (Å²) in [5.41, 5.74) is 2.71. The third kappa shape index (κ3) is 2.35. The van der Waals surface area contributed by atoms with E-state index in [1.807, 2.05) is 12.1 Å². The van der Waals surface area contributed by atoms with Crippen LogP contribution in [0, 0.1) is 17.8 Å². The predicted molar refractivity (Wildman–Crippen MR) is 94.4 cm³/mol. The number of hydrogen-bond acceptors (Lipinski definition) is 4. The Balaban J connectivity index is 1.44. The summed E-state index contributed by atoms with van der Waals surface area (Å²) in [6, 6.07) is 5.88. The van der Waals surface area contributed by atoms with Crippen LogP contribution in [-0.4, -0.2) is 37.0 Å². The number of ether oxygens (including phenoxy) is 2. The zero-order chi connectivity index (χ0) is 17.5. The standard InChI is InChI=1S/C22H24O4/c23-20(18-10-25-18)15-1-2-17(16(6-15)21(24)19-11-26-19)22-7-12-3-13(8-22)5-14(4-12)9-22/h1-2,6,12-14,18-19H,3-5,7-11H2. The van der Waals surface area contributed by atoms with Crippen LogP contribution in [0.15, 0.2) is 18.2 Å². The Hall–Kier alpha value is -1.52. The lowest BCUT2D eigenvalue weighted by Crippen LogP contribution is -2.49. The van der Waals surface area contributed by atoms with Crippen molar-refractivity contribution in [3.05, 3.63) is 34.9 Å². The van der Waals surface area contributed by atoms with E-state index in [0.717, 1.165) is 23.3 Å². The number of Topliss-reactive ketones (excluding diaryl/α,β-unsaturated/α-hetero) is 2. The molecule has 1 aromatic rings. The number of carbonyl (C=O) groups is 2. The lowest BCUT2D eigenvalue weighted by atomic mass is 9.47. The average Bonchev–Trinajstić information content (AvgIpc) is 3.52. The SMILES string of the molecule is O=C(c1ccc(C23CC4CC(CC(C4)C2)C3)c(C(=O)C2CO2)c1)C1CO1. The van der Waals surface area contributed by atoms with Gasteiger partial charge in [-0.15, -0.1) is 0 Å². The van der Waals surface area contributed by atoms with E-state index in [1.54, 1.807) is 0 Å². The Morgan fingerprint density at radius 3 is 1.92 bits per heavy atom. The highest BCUT2D eigenvalue weighted by atomic mass is 16.6. The van der Waals surface area contributed by atoms with Gasteiger partial charge in [-0.25, -0.2) is 0 Å². The molecule has 1 aromatic carbocycles. The minimum atomic E-state index is -0.305. The maximum Gasteiger partial charge on any atom is 0.194 e. The second-order valence-corrected chi connectivity index (χ2v) is 9.33. The number of rotatable bonds is 5. The van der Waals surface area contributed by atoms with Crippen LogP contribution < -0.4 is 0 Å². The molecule has 2 aliphatic heterocycles. The number of carbonyl (C=O) groups excluding carboxylic acids is 2. The normalized spacial score (nSPS) is 41.9. The second kappa shape index (κ2) is 5.26. The lowest BCUT2D eigenvalue weighted by Gasteiger charge is -2.57. The monoisotopic (exact) mass is 352 g/mol.